The van der Waals surface area contributed by atoms with Crippen LogP contribution in [0.1, 0.15) is 45.2 Å². The second-order valence-corrected chi connectivity index (χ2v) is 7.77. The topological polar surface area (TPSA) is 41.6 Å². The molecule has 0 aliphatic carbocycles. The van der Waals surface area contributed by atoms with E-state index in [4.69, 9.17) is 4.74 Å². The minimum Gasteiger partial charge on any atom is -0.444 e. The predicted molar refractivity (Wildman–Crippen MR) is 103 cm³/mol. The van der Waals surface area contributed by atoms with Crippen molar-refractivity contribution in [1.29, 1.82) is 0 Å². The van der Waals surface area contributed by atoms with Crippen molar-refractivity contribution in [2.45, 2.75) is 45.3 Å². The lowest BCUT2D eigenvalue weighted by Crippen LogP contribution is -2.34. The van der Waals surface area contributed by atoms with Gasteiger partial charge in [0.25, 0.3) is 0 Å². The lowest BCUT2D eigenvalue weighted by atomic mass is 10.0. The first-order valence-electron chi connectivity index (χ1n) is 8.26. The number of carbonyl (C=O) groups excluding carboxylic acids is 1. The number of ether oxygens (including phenoxy) is 1. The number of amides is 1. The molecular formula is C19H29BrN2O2. The number of nitrogens with one attached hydrogen (secondary N) is 1. The highest BCUT2D eigenvalue weighted by atomic mass is 79.9. The van der Waals surface area contributed by atoms with E-state index in [0.717, 1.165) is 23.9 Å². The van der Waals surface area contributed by atoms with Crippen molar-refractivity contribution < 1.29 is 9.53 Å². The van der Waals surface area contributed by atoms with Gasteiger partial charge in [0.2, 0.25) is 0 Å². The van der Waals surface area contributed by atoms with Crippen LogP contribution >= 0.6 is 15.9 Å². The third-order valence-corrected chi connectivity index (χ3v) is 4.06. The summed E-state index contributed by atoms with van der Waals surface area (Å²) < 4.78 is 6.31. The average Bonchev–Trinajstić information content (AvgIpc) is 2.48. The van der Waals surface area contributed by atoms with E-state index in [-0.39, 0.29) is 12.1 Å². The average molecular weight is 397 g/mol. The van der Waals surface area contributed by atoms with E-state index in [9.17, 15) is 4.79 Å². The molecule has 0 saturated carbocycles. The molecule has 4 nitrogen and oxygen atoms in total. The smallest absolute Gasteiger partial charge is 0.407 e. The molecule has 0 spiro atoms. The molecule has 134 valence electrons. The summed E-state index contributed by atoms with van der Waals surface area (Å²) in [6, 6.07) is 8.67. The molecule has 0 fully saturated rings. The quantitative estimate of drug-likeness (QED) is 0.501. The Morgan fingerprint density at radius 2 is 2.00 bits per heavy atom. The SMILES string of the molecule is C=CC[C@@H](c1ccc(Br)cc1)N(C)CCCNC(=O)OC(C)(C)C. The van der Waals surface area contributed by atoms with E-state index in [1.807, 2.05) is 26.8 Å². The Hall–Kier alpha value is -1.33. The Bertz CT molecular complexity index is 523. The molecule has 1 N–H and O–H groups in total. The zero-order chi connectivity index (χ0) is 18.2. The number of rotatable bonds is 8. The third-order valence-electron chi connectivity index (χ3n) is 3.53. The van der Waals surface area contributed by atoms with Gasteiger partial charge in [0.15, 0.2) is 0 Å². The van der Waals surface area contributed by atoms with Gasteiger partial charge in [-0.25, -0.2) is 4.79 Å². The Morgan fingerprint density at radius 3 is 2.54 bits per heavy atom. The van der Waals surface area contributed by atoms with Crippen LogP contribution in [0.2, 0.25) is 0 Å². The number of hydrogen-bond donors (Lipinski definition) is 1. The van der Waals surface area contributed by atoms with E-state index >= 15 is 0 Å². The third kappa shape index (κ3) is 7.97. The Morgan fingerprint density at radius 1 is 1.38 bits per heavy atom. The maximum atomic E-state index is 11.6. The lowest BCUT2D eigenvalue weighted by Gasteiger charge is -2.28. The van der Waals surface area contributed by atoms with Crippen molar-refractivity contribution in [1.82, 2.24) is 10.2 Å². The number of carbonyl (C=O) groups is 1. The highest BCUT2D eigenvalue weighted by Gasteiger charge is 2.17. The van der Waals surface area contributed by atoms with Crippen molar-refractivity contribution in [3.8, 4) is 0 Å². The molecular weight excluding hydrogens is 368 g/mol. The number of alkyl carbamates (subject to hydrolysis) is 1. The summed E-state index contributed by atoms with van der Waals surface area (Å²) in [5.41, 5.74) is 0.804. The van der Waals surface area contributed by atoms with E-state index in [1.54, 1.807) is 0 Å². The first-order chi connectivity index (χ1) is 11.2. The molecule has 1 aromatic rings. The molecule has 0 bridgehead atoms. The van der Waals surface area contributed by atoms with Gasteiger partial charge in [-0.1, -0.05) is 34.1 Å². The van der Waals surface area contributed by atoms with Crippen molar-refractivity contribution in [3.05, 3.63) is 47.0 Å². The first-order valence-corrected chi connectivity index (χ1v) is 9.05. The second kappa shape index (κ2) is 9.84. The van der Waals surface area contributed by atoms with Crippen LogP contribution in [0, 0.1) is 0 Å². The summed E-state index contributed by atoms with van der Waals surface area (Å²) in [6.45, 7) is 10.9. The minimum absolute atomic E-state index is 0.289. The zero-order valence-corrected chi connectivity index (χ0v) is 16.7. The maximum absolute atomic E-state index is 11.6. The van der Waals surface area contributed by atoms with Gasteiger partial charge in [0.1, 0.15) is 5.60 Å². The molecule has 0 aromatic heterocycles. The lowest BCUT2D eigenvalue weighted by molar-refractivity contribution is 0.0525. The number of hydrogen-bond acceptors (Lipinski definition) is 3. The summed E-state index contributed by atoms with van der Waals surface area (Å²) in [4.78, 5) is 13.9. The molecule has 1 rings (SSSR count). The summed E-state index contributed by atoms with van der Waals surface area (Å²) >= 11 is 3.47. The van der Waals surface area contributed by atoms with Crippen molar-refractivity contribution >= 4 is 22.0 Å². The molecule has 5 heteroatoms. The predicted octanol–water partition coefficient (Wildman–Crippen LogP) is 4.91. The van der Waals surface area contributed by atoms with Gasteiger partial charge in [-0.2, -0.15) is 0 Å². The normalized spacial score (nSPS) is 12.8. The molecule has 1 aromatic carbocycles. The van der Waals surface area contributed by atoms with Crippen molar-refractivity contribution in [2.24, 2.45) is 0 Å². The van der Waals surface area contributed by atoms with Gasteiger partial charge in [0, 0.05) is 23.6 Å². The maximum Gasteiger partial charge on any atom is 0.407 e. The fourth-order valence-electron chi connectivity index (χ4n) is 2.40. The molecule has 0 radical (unpaired) electrons. The minimum atomic E-state index is -0.461. The molecule has 0 aliphatic rings. The van der Waals surface area contributed by atoms with Crippen molar-refractivity contribution in [2.75, 3.05) is 20.1 Å². The van der Waals surface area contributed by atoms with Crippen LogP contribution in [0.4, 0.5) is 4.79 Å². The van der Waals surface area contributed by atoms with Gasteiger partial charge in [-0.15, -0.1) is 6.58 Å². The largest absolute Gasteiger partial charge is 0.444 e. The van der Waals surface area contributed by atoms with Crippen molar-refractivity contribution in [3.63, 3.8) is 0 Å². The number of benzene rings is 1. The molecule has 0 unspecified atom stereocenters. The van der Waals surface area contributed by atoms with E-state index < -0.39 is 5.60 Å². The zero-order valence-electron chi connectivity index (χ0n) is 15.1. The van der Waals surface area contributed by atoms with E-state index in [2.05, 4.69) is 64.0 Å². The number of nitrogens with zero attached hydrogens (tertiary/aromatic N) is 1. The molecule has 1 amide bonds. The van der Waals surface area contributed by atoms with Crippen LogP contribution in [-0.2, 0) is 4.74 Å². The highest BCUT2D eigenvalue weighted by Crippen LogP contribution is 2.25. The van der Waals surface area contributed by atoms with E-state index in [0.29, 0.717) is 6.54 Å². The summed E-state index contributed by atoms with van der Waals surface area (Å²) in [5, 5.41) is 2.80. The van der Waals surface area contributed by atoms with Crippen LogP contribution in [-0.4, -0.2) is 36.7 Å². The molecule has 24 heavy (non-hydrogen) atoms. The van der Waals surface area contributed by atoms with Gasteiger partial charge in [0.05, 0.1) is 0 Å². The van der Waals surface area contributed by atoms with Gasteiger partial charge in [-0.05, 0) is 58.4 Å². The molecule has 0 saturated heterocycles. The van der Waals surface area contributed by atoms with Crippen LogP contribution in [0.5, 0.6) is 0 Å². The molecule has 0 aliphatic heterocycles. The fourth-order valence-corrected chi connectivity index (χ4v) is 2.67. The second-order valence-electron chi connectivity index (χ2n) is 6.85. The van der Waals surface area contributed by atoms with Crippen LogP contribution in [0.25, 0.3) is 0 Å². The summed E-state index contributed by atoms with van der Waals surface area (Å²) in [6.07, 6.45) is 3.33. The van der Waals surface area contributed by atoms with E-state index in [1.165, 1.54) is 5.56 Å². The fraction of sp³-hybridized carbons (Fsp3) is 0.526. The summed E-state index contributed by atoms with van der Waals surface area (Å²) in [5.74, 6) is 0. The van der Waals surface area contributed by atoms with Gasteiger partial charge >= 0.3 is 6.09 Å². The Labute approximate surface area is 154 Å². The molecule has 0 heterocycles. The number of halogens is 1. The highest BCUT2D eigenvalue weighted by molar-refractivity contribution is 9.10. The monoisotopic (exact) mass is 396 g/mol. The van der Waals surface area contributed by atoms with Gasteiger partial charge < -0.3 is 10.1 Å². The Kier molecular flexibility index (Phi) is 8.50. The molecule has 1 atom stereocenters. The van der Waals surface area contributed by atoms with Crippen LogP contribution in [0.15, 0.2) is 41.4 Å². The van der Waals surface area contributed by atoms with Gasteiger partial charge in [-0.3, -0.25) is 4.90 Å². The summed E-state index contributed by atoms with van der Waals surface area (Å²) in [7, 11) is 2.10. The Balaban J connectivity index is 2.46. The standard InChI is InChI=1S/C19H29BrN2O2/c1-6-8-17(15-9-11-16(20)12-10-15)22(5)14-7-13-21-18(23)24-19(2,3)4/h6,9-12,17H,1,7-8,13-14H2,2-5H3,(H,21,23)/t17-/m0/s1. The van der Waals surface area contributed by atoms with Crippen LogP contribution in [0.3, 0.4) is 0 Å². The van der Waals surface area contributed by atoms with Crippen LogP contribution < -0.4 is 5.32 Å². The first kappa shape index (κ1) is 20.7.